The van der Waals surface area contributed by atoms with E-state index >= 15 is 0 Å². The molecule has 0 fully saturated rings. The molecule has 36 heavy (non-hydrogen) atoms. The lowest BCUT2D eigenvalue weighted by atomic mass is 10.1. The minimum Gasteiger partial charge on any atom is -0.482 e. The molecular weight excluding hydrogens is 479 g/mol. The highest BCUT2D eigenvalue weighted by atomic mass is 19.4. The summed E-state index contributed by atoms with van der Waals surface area (Å²) in [4.78, 5) is 21.0. The SMILES string of the molecule is COCc1[nH]c2c(-c3ccccc3)c(C#N)nn2c(=O)c1-c1nc2c(OCC(F)(F)F)cccc2o1. The van der Waals surface area contributed by atoms with Crippen molar-refractivity contribution < 1.29 is 27.1 Å². The number of ether oxygens (including phenoxy) is 2. The van der Waals surface area contributed by atoms with Gasteiger partial charge in [0.05, 0.1) is 17.9 Å². The summed E-state index contributed by atoms with van der Waals surface area (Å²) in [6.45, 7) is -1.57. The van der Waals surface area contributed by atoms with E-state index in [1.54, 1.807) is 24.3 Å². The van der Waals surface area contributed by atoms with E-state index in [1.165, 1.54) is 25.3 Å². The number of aromatic nitrogens is 4. The summed E-state index contributed by atoms with van der Waals surface area (Å²) in [6, 6.07) is 15.2. The number of alkyl halides is 3. The number of hydrogen-bond acceptors (Lipinski definition) is 7. The standard InChI is InChI=1S/C24H16F3N5O4/c1-34-11-15-19(22-30-20-16(35-12-24(25,26)27)8-5-9-17(20)36-22)23(33)32-21(29-15)18(14(10-28)31-32)13-6-3-2-4-7-13/h2-9,29H,11-12H2,1H3. The first kappa shape index (κ1) is 23.1. The third-order valence-corrected chi connectivity index (χ3v) is 5.31. The maximum atomic E-state index is 13.6. The second-order valence-electron chi connectivity index (χ2n) is 7.70. The summed E-state index contributed by atoms with van der Waals surface area (Å²) >= 11 is 0. The number of aromatic amines is 1. The zero-order chi connectivity index (χ0) is 25.4. The molecule has 0 saturated heterocycles. The number of hydrogen-bond donors (Lipinski definition) is 1. The first-order valence-electron chi connectivity index (χ1n) is 10.5. The van der Waals surface area contributed by atoms with Crippen LogP contribution in [0.2, 0.25) is 0 Å². The smallest absolute Gasteiger partial charge is 0.422 e. The van der Waals surface area contributed by atoms with Crippen LogP contribution in [-0.4, -0.2) is 39.5 Å². The maximum absolute atomic E-state index is 13.6. The van der Waals surface area contributed by atoms with E-state index in [1.807, 2.05) is 12.1 Å². The number of nitrogens with one attached hydrogen (secondary N) is 1. The van der Waals surface area contributed by atoms with Crippen molar-refractivity contribution in [1.82, 2.24) is 19.6 Å². The van der Waals surface area contributed by atoms with Crippen LogP contribution >= 0.6 is 0 Å². The van der Waals surface area contributed by atoms with Crippen LogP contribution in [0.1, 0.15) is 11.4 Å². The van der Waals surface area contributed by atoms with Gasteiger partial charge in [-0.3, -0.25) is 4.79 Å². The van der Waals surface area contributed by atoms with Gasteiger partial charge in [0.1, 0.15) is 23.0 Å². The fraction of sp³-hybridized carbons (Fsp3) is 0.167. The molecule has 3 heterocycles. The Morgan fingerprint density at radius 3 is 2.61 bits per heavy atom. The Balaban J connectivity index is 1.72. The van der Waals surface area contributed by atoms with Crippen LogP contribution < -0.4 is 10.3 Å². The second-order valence-corrected chi connectivity index (χ2v) is 7.70. The highest BCUT2D eigenvalue weighted by molar-refractivity contribution is 5.84. The Hall–Kier alpha value is -4.63. The molecule has 3 aromatic heterocycles. The van der Waals surface area contributed by atoms with Crippen LogP contribution in [-0.2, 0) is 11.3 Å². The third-order valence-electron chi connectivity index (χ3n) is 5.31. The van der Waals surface area contributed by atoms with Crippen molar-refractivity contribution in [2.24, 2.45) is 0 Å². The van der Waals surface area contributed by atoms with Crippen LogP contribution in [0.25, 0.3) is 39.3 Å². The van der Waals surface area contributed by atoms with Crippen molar-refractivity contribution >= 4 is 16.7 Å². The molecular formula is C24H16F3N5O4. The topological polar surface area (TPSA) is 118 Å². The van der Waals surface area contributed by atoms with Gasteiger partial charge < -0.3 is 18.9 Å². The number of rotatable bonds is 6. The minimum absolute atomic E-state index is 0.0165. The van der Waals surface area contributed by atoms with Crippen LogP contribution in [0, 0.1) is 11.3 Å². The minimum atomic E-state index is -4.54. The predicted octanol–water partition coefficient (Wildman–Crippen LogP) is 4.46. The fourth-order valence-electron chi connectivity index (χ4n) is 3.86. The summed E-state index contributed by atoms with van der Waals surface area (Å²) < 4.78 is 54.9. The zero-order valence-corrected chi connectivity index (χ0v) is 18.6. The van der Waals surface area contributed by atoms with Crippen LogP contribution in [0.5, 0.6) is 5.75 Å². The number of para-hydroxylation sites is 1. The first-order valence-corrected chi connectivity index (χ1v) is 10.5. The molecule has 0 unspecified atom stereocenters. The Morgan fingerprint density at radius 1 is 1.14 bits per heavy atom. The lowest BCUT2D eigenvalue weighted by Gasteiger charge is -2.08. The van der Waals surface area contributed by atoms with Crippen molar-refractivity contribution in [2.75, 3.05) is 13.7 Å². The van der Waals surface area contributed by atoms with Gasteiger partial charge in [0.2, 0.25) is 5.89 Å². The molecule has 0 atom stereocenters. The molecule has 182 valence electrons. The average molecular weight is 495 g/mol. The van der Waals surface area contributed by atoms with Gasteiger partial charge in [-0.2, -0.15) is 28.0 Å². The number of halogens is 3. The monoisotopic (exact) mass is 495 g/mol. The lowest BCUT2D eigenvalue weighted by Crippen LogP contribution is -2.21. The normalized spacial score (nSPS) is 11.8. The van der Waals surface area contributed by atoms with Gasteiger partial charge in [0, 0.05) is 7.11 Å². The predicted molar refractivity (Wildman–Crippen MR) is 121 cm³/mol. The molecule has 0 aliphatic rings. The van der Waals surface area contributed by atoms with Crippen molar-refractivity contribution in [2.45, 2.75) is 12.8 Å². The molecule has 12 heteroatoms. The number of oxazole rings is 1. The van der Waals surface area contributed by atoms with E-state index in [-0.39, 0.29) is 51.9 Å². The quantitative estimate of drug-likeness (QED) is 0.370. The second kappa shape index (κ2) is 8.86. The molecule has 5 rings (SSSR count). The van der Waals surface area contributed by atoms with E-state index in [0.29, 0.717) is 11.1 Å². The average Bonchev–Trinajstić information content (AvgIpc) is 3.45. The van der Waals surface area contributed by atoms with Crippen molar-refractivity contribution in [3.63, 3.8) is 0 Å². The van der Waals surface area contributed by atoms with Gasteiger partial charge in [-0.15, -0.1) is 0 Å². The van der Waals surface area contributed by atoms with Crippen LogP contribution in [0.15, 0.2) is 57.7 Å². The molecule has 0 bridgehead atoms. The summed E-state index contributed by atoms with van der Waals surface area (Å²) in [6.07, 6.45) is -4.54. The molecule has 0 radical (unpaired) electrons. The zero-order valence-electron chi connectivity index (χ0n) is 18.6. The van der Waals surface area contributed by atoms with Gasteiger partial charge in [0.25, 0.3) is 5.56 Å². The van der Waals surface area contributed by atoms with E-state index in [2.05, 4.69) is 15.1 Å². The van der Waals surface area contributed by atoms with Gasteiger partial charge in [-0.05, 0) is 17.7 Å². The van der Waals surface area contributed by atoms with Gasteiger partial charge >= 0.3 is 6.18 Å². The molecule has 0 saturated carbocycles. The van der Waals surface area contributed by atoms with Crippen LogP contribution in [0.3, 0.4) is 0 Å². The summed E-state index contributed by atoms with van der Waals surface area (Å²) in [7, 11) is 1.43. The van der Waals surface area contributed by atoms with Gasteiger partial charge in [0.15, 0.2) is 23.4 Å². The van der Waals surface area contributed by atoms with E-state index in [0.717, 1.165) is 4.52 Å². The number of nitrogens with zero attached hydrogens (tertiary/aromatic N) is 4. The fourth-order valence-corrected chi connectivity index (χ4v) is 3.86. The molecule has 5 aromatic rings. The molecule has 0 spiro atoms. The Morgan fingerprint density at radius 2 is 1.92 bits per heavy atom. The summed E-state index contributed by atoms with van der Waals surface area (Å²) in [5.74, 6) is -0.318. The Bertz CT molecular complexity index is 1680. The van der Waals surface area contributed by atoms with Crippen molar-refractivity contribution in [3.8, 4) is 34.4 Å². The molecule has 9 nitrogen and oxygen atoms in total. The molecule has 0 aliphatic carbocycles. The first-order chi connectivity index (χ1) is 17.3. The third kappa shape index (κ3) is 4.05. The molecule has 2 aromatic carbocycles. The van der Waals surface area contributed by atoms with Gasteiger partial charge in [-0.25, -0.2) is 4.98 Å². The molecule has 0 aliphatic heterocycles. The van der Waals surface area contributed by atoms with Gasteiger partial charge in [-0.1, -0.05) is 36.4 Å². The highest BCUT2D eigenvalue weighted by Crippen LogP contribution is 2.33. The van der Waals surface area contributed by atoms with Crippen molar-refractivity contribution in [1.29, 1.82) is 5.26 Å². The van der Waals surface area contributed by atoms with E-state index < -0.39 is 18.3 Å². The number of methoxy groups -OCH3 is 1. The highest BCUT2D eigenvalue weighted by Gasteiger charge is 2.29. The number of fused-ring (bicyclic) bond motifs is 2. The van der Waals surface area contributed by atoms with Crippen molar-refractivity contribution in [3.05, 3.63) is 70.3 Å². The lowest BCUT2D eigenvalue weighted by molar-refractivity contribution is -0.153. The number of H-pyrrole nitrogens is 1. The van der Waals surface area contributed by atoms with E-state index in [4.69, 9.17) is 13.9 Å². The Labute approximate surface area is 200 Å². The number of benzene rings is 2. The number of nitriles is 1. The van der Waals surface area contributed by atoms with E-state index in [9.17, 15) is 23.2 Å². The Kier molecular flexibility index (Phi) is 5.69. The maximum Gasteiger partial charge on any atom is 0.422 e. The summed E-state index contributed by atoms with van der Waals surface area (Å²) in [5, 5.41) is 13.8. The van der Waals surface area contributed by atoms with Crippen LogP contribution in [0.4, 0.5) is 13.2 Å². The summed E-state index contributed by atoms with van der Waals surface area (Å²) in [5.41, 5.74) is 1.11. The molecule has 1 N–H and O–H groups in total. The molecule has 0 amide bonds. The largest absolute Gasteiger partial charge is 0.482 e.